The Morgan fingerprint density at radius 3 is 2.58 bits per heavy atom. The molecule has 6 heteroatoms. The van der Waals surface area contributed by atoms with Gasteiger partial charge in [0.15, 0.2) is 0 Å². The number of thioether (sulfide) groups is 1. The fourth-order valence-electron chi connectivity index (χ4n) is 1.94. The molecule has 5 nitrogen and oxygen atoms in total. The second kappa shape index (κ2) is 8.98. The third-order valence-electron chi connectivity index (χ3n) is 3.24. The van der Waals surface area contributed by atoms with Gasteiger partial charge in [0.25, 0.3) is 5.91 Å². The normalized spacial score (nSPS) is 12.0. The molecule has 2 rings (SSSR count). The van der Waals surface area contributed by atoms with Crippen LogP contribution in [0.1, 0.15) is 12.5 Å². The van der Waals surface area contributed by atoms with Gasteiger partial charge in [0.05, 0.1) is 25.7 Å². The summed E-state index contributed by atoms with van der Waals surface area (Å²) in [6.45, 7) is 1.84. The number of benzene rings is 2. The van der Waals surface area contributed by atoms with Crippen LogP contribution >= 0.6 is 11.8 Å². The monoisotopic (exact) mass is 344 g/mol. The third-order valence-corrected chi connectivity index (χ3v) is 4.36. The number of hydrogen-bond acceptors (Lipinski definition) is 5. The first kappa shape index (κ1) is 17.9. The number of ether oxygens (including phenoxy) is 2. The number of hydrogen-bond donors (Lipinski definition) is 1. The summed E-state index contributed by atoms with van der Waals surface area (Å²) in [6, 6.07) is 15.2. The minimum absolute atomic E-state index is 0.160. The minimum Gasteiger partial charge on any atom is -0.497 e. The summed E-state index contributed by atoms with van der Waals surface area (Å²) in [7, 11) is 3.16. The first-order valence-electron chi connectivity index (χ1n) is 7.40. The lowest BCUT2D eigenvalue weighted by molar-refractivity contribution is -0.120. The van der Waals surface area contributed by atoms with Crippen molar-refractivity contribution < 1.29 is 14.3 Å². The molecule has 126 valence electrons. The Bertz CT molecular complexity index is 705. The van der Waals surface area contributed by atoms with Gasteiger partial charge >= 0.3 is 0 Å². The van der Waals surface area contributed by atoms with Crippen molar-refractivity contribution in [2.45, 2.75) is 17.1 Å². The molecule has 0 bridgehead atoms. The van der Waals surface area contributed by atoms with E-state index in [1.165, 1.54) is 11.8 Å². The van der Waals surface area contributed by atoms with Gasteiger partial charge in [0.1, 0.15) is 11.5 Å². The van der Waals surface area contributed by atoms with E-state index in [9.17, 15) is 4.79 Å². The van der Waals surface area contributed by atoms with Gasteiger partial charge in [-0.05, 0) is 31.2 Å². The summed E-state index contributed by atoms with van der Waals surface area (Å²) < 4.78 is 10.4. The zero-order chi connectivity index (χ0) is 17.4. The zero-order valence-corrected chi connectivity index (χ0v) is 14.7. The highest BCUT2D eigenvalue weighted by molar-refractivity contribution is 8.00. The topological polar surface area (TPSA) is 59.9 Å². The molecule has 1 amide bonds. The van der Waals surface area contributed by atoms with Crippen molar-refractivity contribution in [2.75, 3.05) is 14.2 Å². The van der Waals surface area contributed by atoms with Gasteiger partial charge in [-0.25, -0.2) is 5.43 Å². The van der Waals surface area contributed by atoms with Gasteiger partial charge in [-0.15, -0.1) is 11.8 Å². The molecule has 1 atom stereocenters. The molecule has 24 heavy (non-hydrogen) atoms. The first-order valence-corrected chi connectivity index (χ1v) is 8.28. The Balaban J connectivity index is 1.94. The summed E-state index contributed by atoms with van der Waals surface area (Å²) in [4.78, 5) is 13.1. The van der Waals surface area contributed by atoms with Crippen LogP contribution in [0.25, 0.3) is 0 Å². The summed E-state index contributed by atoms with van der Waals surface area (Å²) in [6.07, 6.45) is 1.55. The predicted octanol–water partition coefficient (Wildman–Crippen LogP) is 3.33. The van der Waals surface area contributed by atoms with Gasteiger partial charge in [0, 0.05) is 16.5 Å². The molecule has 0 aliphatic carbocycles. The van der Waals surface area contributed by atoms with Crippen molar-refractivity contribution in [1.82, 2.24) is 5.43 Å². The highest BCUT2D eigenvalue weighted by atomic mass is 32.2. The van der Waals surface area contributed by atoms with Crippen molar-refractivity contribution in [3.8, 4) is 11.5 Å². The van der Waals surface area contributed by atoms with E-state index in [0.29, 0.717) is 11.5 Å². The number of hydrazone groups is 1. The van der Waals surface area contributed by atoms with E-state index < -0.39 is 0 Å². The molecule has 0 saturated carbocycles. The second-order valence-corrected chi connectivity index (χ2v) is 6.33. The number of methoxy groups -OCH3 is 2. The van der Waals surface area contributed by atoms with Crippen LogP contribution in [-0.4, -0.2) is 31.6 Å². The maximum Gasteiger partial charge on any atom is 0.253 e. The molecule has 0 aliphatic heterocycles. The maximum atomic E-state index is 12.1. The SMILES string of the molecule is COc1ccc(/C=N/NC(=O)C(C)Sc2ccccc2)c(OC)c1. The average molecular weight is 344 g/mol. The molecule has 0 saturated heterocycles. The number of rotatable bonds is 7. The first-order chi connectivity index (χ1) is 11.6. The van der Waals surface area contributed by atoms with Gasteiger partial charge in [-0.1, -0.05) is 18.2 Å². The van der Waals surface area contributed by atoms with Crippen molar-refractivity contribution in [2.24, 2.45) is 5.10 Å². The molecule has 2 aromatic rings. The molecule has 0 fully saturated rings. The summed E-state index contributed by atoms with van der Waals surface area (Å²) in [5.41, 5.74) is 3.31. The molecule has 0 spiro atoms. The Labute approximate surface area is 146 Å². The Morgan fingerprint density at radius 1 is 1.17 bits per heavy atom. The van der Waals surface area contributed by atoms with E-state index in [0.717, 1.165) is 10.5 Å². The minimum atomic E-state index is -0.248. The molecule has 0 aromatic heterocycles. The van der Waals surface area contributed by atoms with Gasteiger partial charge in [-0.3, -0.25) is 4.79 Å². The molecular weight excluding hydrogens is 324 g/mol. The Morgan fingerprint density at radius 2 is 1.92 bits per heavy atom. The summed E-state index contributed by atoms with van der Waals surface area (Å²) in [5, 5.41) is 3.76. The molecule has 0 aliphatic rings. The summed E-state index contributed by atoms with van der Waals surface area (Å²) in [5.74, 6) is 1.16. The van der Waals surface area contributed by atoms with E-state index in [1.807, 2.05) is 43.3 Å². The largest absolute Gasteiger partial charge is 0.497 e. The maximum absolute atomic E-state index is 12.1. The van der Waals surface area contributed by atoms with Crippen LogP contribution in [0.15, 0.2) is 58.5 Å². The molecule has 1 N–H and O–H groups in total. The van der Waals surface area contributed by atoms with Crippen LogP contribution in [-0.2, 0) is 4.79 Å². The summed E-state index contributed by atoms with van der Waals surface area (Å²) >= 11 is 1.48. The average Bonchev–Trinajstić information content (AvgIpc) is 2.62. The van der Waals surface area contributed by atoms with Crippen LogP contribution in [0, 0.1) is 0 Å². The van der Waals surface area contributed by atoms with Crippen LogP contribution in [0.4, 0.5) is 0 Å². The Kier molecular flexibility index (Phi) is 6.69. The number of carbonyl (C=O) groups excluding carboxylic acids is 1. The lowest BCUT2D eigenvalue weighted by Gasteiger charge is -2.09. The quantitative estimate of drug-likeness (QED) is 0.475. The van der Waals surface area contributed by atoms with Crippen LogP contribution in [0.5, 0.6) is 11.5 Å². The Hall–Kier alpha value is -2.47. The molecule has 0 radical (unpaired) electrons. The van der Waals surface area contributed by atoms with Crippen LogP contribution < -0.4 is 14.9 Å². The molecule has 2 aromatic carbocycles. The van der Waals surface area contributed by atoms with Gasteiger partial charge in [-0.2, -0.15) is 5.10 Å². The lowest BCUT2D eigenvalue weighted by Crippen LogP contribution is -2.26. The second-order valence-electron chi connectivity index (χ2n) is 4.92. The van der Waals surface area contributed by atoms with Crippen molar-refractivity contribution >= 4 is 23.9 Å². The van der Waals surface area contributed by atoms with Gasteiger partial charge in [0.2, 0.25) is 0 Å². The van der Waals surface area contributed by atoms with E-state index in [2.05, 4.69) is 10.5 Å². The third kappa shape index (κ3) is 5.03. The van der Waals surface area contributed by atoms with Crippen LogP contribution in [0.2, 0.25) is 0 Å². The van der Waals surface area contributed by atoms with Gasteiger partial charge < -0.3 is 9.47 Å². The van der Waals surface area contributed by atoms with E-state index >= 15 is 0 Å². The lowest BCUT2D eigenvalue weighted by atomic mass is 10.2. The van der Waals surface area contributed by atoms with E-state index in [-0.39, 0.29) is 11.2 Å². The van der Waals surface area contributed by atoms with E-state index in [4.69, 9.17) is 9.47 Å². The standard InChI is InChI=1S/C18H20N2O3S/c1-13(24-16-7-5-4-6-8-16)18(21)20-19-12-14-9-10-15(22-2)11-17(14)23-3/h4-13H,1-3H3,(H,20,21)/b19-12+. The number of carbonyl (C=O) groups is 1. The number of amides is 1. The number of nitrogens with one attached hydrogen (secondary N) is 1. The zero-order valence-electron chi connectivity index (χ0n) is 13.9. The predicted molar refractivity (Wildman–Crippen MR) is 97.0 cm³/mol. The molecule has 1 unspecified atom stereocenters. The molecular formula is C18H20N2O3S. The molecule has 0 heterocycles. The highest BCUT2D eigenvalue weighted by Crippen LogP contribution is 2.24. The fraction of sp³-hybridized carbons (Fsp3) is 0.222. The van der Waals surface area contributed by atoms with E-state index in [1.54, 1.807) is 32.6 Å². The fourth-order valence-corrected chi connectivity index (χ4v) is 2.82. The van der Waals surface area contributed by atoms with Crippen molar-refractivity contribution in [3.05, 3.63) is 54.1 Å². The van der Waals surface area contributed by atoms with Crippen molar-refractivity contribution in [1.29, 1.82) is 0 Å². The smallest absolute Gasteiger partial charge is 0.253 e. The van der Waals surface area contributed by atoms with Crippen molar-refractivity contribution in [3.63, 3.8) is 0 Å². The highest BCUT2D eigenvalue weighted by Gasteiger charge is 2.13. The van der Waals surface area contributed by atoms with Crippen LogP contribution in [0.3, 0.4) is 0 Å². The number of nitrogens with zero attached hydrogens (tertiary/aromatic N) is 1.